The fraction of sp³-hybridized carbons (Fsp3) is 0.385. The van der Waals surface area contributed by atoms with Crippen LogP contribution in [-0.4, -0.2) is 18.5 Å². The van der Waals surface area contributed by atoms with E-state index in [0.717, 1.165) is 18.7 Å². The number of benzene rings is 1. The Morgan fingerprint density at radius 2 is 2.12 bits per heavy atom. The summed E-state index contributed by atoms with van der Waals surface area (Å²) in [5.41, 5.74) is 1.78. The van der Waals surface area contributed by atoms with Crippen molar-refractivity contribution in [1.82, 2.24) is 4.90 Å². The Balaban J connectivity index is 2.60. The van der Waals surface area contributed by atoms with Crippen LogP contribution in [0.15, 0.2) is 24.3 Å². The largest absolute Gasteiger partial charge is 0.301 e. The highest BCUT2D eigenvalue weighted by Crippen LogP contribution is 2.08. The van der Waals surface area contributed by atoms with Gasteiger partial charge >= 0.3 is 0 Å². The lowest BCUT2D eigenvalue weighted by atomic mass is 10.1. The lowest BCUT2D eigenvalue weighted by Gasteiger charge is -2.17. The van der Waals surface area contributed by atoms with Gasteiger partial charge in [-0.3, -0.25) is 0 Å². The molecule has 0 saturated carbocycles. The quantitative estimate of drug-likeness (QED) is 0.770. The minimum Gasteiger partial charge on any atom is -0.301 e. The molecule has 1 aromatic carbocycles. The van der Waals surface area contributed by atoms with Crippen LogP contribution in [0.1, 0.15) is 18.1 Å². The Kier molecular flexibility index (Phi) is 4.51. The summed E-state index contributed by atoms with van der Waals surface area (Å²) in [7, 11) is 1.98. The summed E-state index contributed by atoms with van der Waals surface area (Å²) in [5.74, 6) is 0.0316. The molecule has 1 unspecified atom stereocenters. The molecule has 1 atom stereocenters. The topological polar surface area (TPSA) is 50.8 Å². The van der Waals surface area contributed by atoms with Crippen molar-refractivity contribution in [3.63, 3.8) is 0 Å². The predicted molar refractivity (Wildman–Crippen MR) is 62.3 cm³/mol. The third-order valence-electron chi connectivity index (χ3n) is 2.31. The first kappa shape index (κ1) is 12.2. The second-order valence-corrected chi connectivity index (χ2v) is 4.04. The Morgan fingerprint density at radius 3 is 2.75 bits per heavy atom. The van der Waals surface area contributed by atoms with Gasteiger partial charge in [0.1, 0.15) is 0 Å². The Hall–Kier alpha value is -1.84. The molecule has 0 aliphatic rings. The molecule has 0 aromatic heterocycles. The van der Waals surface area contributed by atoms with Gasteiger partial charge in [-0.1, -0.05) is 12.1 Å². The van der Waals surface area contributed by atoms with E-state index in [2.05, 4.69) is 17.0 Å². The molecule has 0 saturated heterocycles. The molecule has 3 heteroatoms. The van der Waals surface area contributed by atoms with Crippen LogP contribution in [0.25, 0.3) is 0 Å². The summed E-state index contributed by atoms with van der Waals surface area (Å²) >= 11 is 0. The molecule has 82 valence electrons. The van der Waals surface area contributed by atoms with Gasteiger partial charge in [-0.15, -0.1) is 0 Å². The van der Waals surface area contributed by atoms with Gasteiger partial charge in [-0.25, -0.2) is 0 Å². The van der Waals surface area contributed by atoms with Gasteiger partial charge in [0.15, 0.2) is 0 Å². The molecule has 0 aliphatic carbocycles. The van der Waals surface area contributed by atoms with Crippen LogP contribution >= 0.6 is 0 Å². The van der Waals surface area contributed by atoms with Gasteiger partial charge in [-0.05, 0) is 31.7 Å². The lowest BCUT2D eigenvalue weighted by Crippen LogP contribution is -2.23. The standard InChI is InChI=1S/C13H15N3/c1-11(7-14)9-16(2)10-13-5-3-4-12(6-13)8-15/h3-6,11H,9-10H2,1-2H3. The molecule has 0 spiro atoms. The SMILES string of the molecule is CC(C#N)CN(C)Cc1cccc(C#N)c1. The summed E-state index contributed by atoms with van der Waals surface area (Å²) in [6.07, 6.45) is 0. The van der Waals surface area contributed by atoms with Crippen LogP contribution in [0.5, 0.6) is 0 Å². The number of hydrogen-bond donors (Lipinski definition) is 0. The van der Waals surface area contributed by atoms with Crippen molar-refractivity contribution in [1.29, 1.82) is 10.5 Å². The maximum Gasteiger partial charge on any atom is 0.0991 e. The molecular weight excluding hydrogens is 198 g/mol. The Labute approximate surface area is 96.5 Å². The van der Waals surface area contributed by atoms with E-state index in [1.165, 1.54) is 0 Å². The maximum absolute atomic E-state index is 8.77. The van der Waals surface area contributed by atoms with E-state index in [0.29, 0.717) is 5.56 Å². The van der Waals surface area contributed by atoms with Crippen molar-refractivity contribution in [3.8, 4) is 12.1 Å². The second-order valence-electron chi connectivity index (χ2n) is 4.04. The van der Waals surface area contributed by atoms with Crippen molar-refractivity contribution < 1.29 is 0 Å². The first-order valence-electron chi connectivity index (χ1n) is 5.23. The number of nitriles is 2. The van der Waals surface area contributed by atoms with Crippen molar-refractivity contribution in [2.45, 2.75) is 13.5 Å². The first-order valence-corrected chi connectivity index (χ1v) is 5.23. The average molecular weight is 213 g/mol. The van der Waals surface area contributed by atoms with Gasteiger partial charge in [0.25, 0.3) is 0 Å². The van der Waals surface area contributed by atoms with Crippen LogP contribution in [-0.2, 0) is 6.54 Å². The molecule has 3 nitrogen and oxygen atoms in total. The highest BCUT2D eigenvalue weighted by atomic mass is 15.1. The molecule has 0 N–H and O–H groups in total. The van der Waals surface area contributed by atoms with Gasteiger partial charge in [0.05, 0.1) is 23.6 Å². The molecule has 1 rings (SSSR count). The Bertz CT molecular complexity index is 426. The lowest BCUT2D eigenvalue weighted by molar-refractivity contribution is 0.303. The predicted octanol–water partition coefficient (Wildman–Crippen LogP) is 2.15. The number of nitrogens with zero attached hydrogens (tertiary/aromatic N) is 3. The van der Waals surface area contributed by atoms with E-state index in [-0.39, 0.29) is 5.92 Å². The number of rotatable bonds is 4. The van der Waals surface area contributed by atoms with E-state index in [9.17, 15) is 0 Å². The van der Waals surface area contributed by atoms with Gasteiger partial charge in [0, 0.05) is 13.1 Å². The van der Waals surface area contributed by atoms with Crippen LogP contribution in [0.4, 0.5) is 0 Å². The molecule has 16 heavy (non-hydrogen) atoms. The van der Waals surface area contributed by atoms with Crippen LogP contribution in [0, 0.1) is 28.6 Å². The second kappa shape index (κ2) is 5.90. The molecule has 0 aliphatic heterocycles. The molecule has 0 amide bonds. The van der Waals surface area contributed by atoms with Gasteiger partial charge < -0.3 is 4.90 Å². The van der Waals surface area contributed by atoms with Crippen LogP contribution < -0.4 is 0 Å². The van der Waals surface area contributed by atoms with Gasteiger partial charge in [0.2, 0.25) is 0 Å². The van der Waals surface area contributed by atoms with E-state index in [1.54, 1.807) is 6.07 Å². The smallest absolute Gasteiger partial charge is 0.0991 e. The third kappa shape index (κ3) is 3.73. The van der Waals surface area contributed by atoms with Crippen molar-refractivity contribution in [2.24, 2.45) is 5.92 Å². The van der Waals surface area contributed by atoms with Crippen molar-refractivity contribution >= 4 is 0 Å². The third-order valence-corrected chi connectivity index (χ3v) is 2.31. The molecule has 0 radical (unpaired) electrons. The van der Waals surface area contributed by atoms with Crippen LogP contribution in [0.3, 0.4) is 0 Å². The molecule has 0 fully saturated rings. The summed E-state index contributed by atoms with van der Waals surface area (Å²) in [6.45, 7) is 3.41. The fourth-order valence-electron chi connectivity index (χ4n) is 1.62. The highest BCUT2D eigenvalue weighted by molar-refractivity contribution is 5.32. The molecule has 0 bridgehead atoms. The van der Waals surface area contributed by atoms with E-state index < -0.39 is 0 Å². The summed E-state index contributed by atoms with van der Waals surface area (Å²) < 4.78 is 0. The summed E-state index contributed by atoms with van der Waals surface area (Å²) in [5, 5.41) is 17.5. The van der Waals surface area contributed by atoms with Crippen molar-refractivity contribution in [2.75, 3.05) is 13.6 Å². The van der Waals surface area contributed by atoms with E-state index >= 15 is 0 Å². The zero-order valence-corrected chi connectivity index (χ0v) is 9.64. The first-order chi connectivity index (χ1) is 7.65. The van der Waals surface area contributed by atoms with E-state index in [4.69, 9.17) is 10.5 Å². The molecule has 1 aromatic rings. The summed E-state index contributed by atoms with van der Waals surface area (Å²) in [6, 6.07) is 11.9. The molecular formula is C13H15N3. The van der Waals surface area contributed by atoms with Crippen molar-refractivity contribution in [3.05, 3.63) is 35.4 Å². The summed E-state index contributed by atoms with van der Waals surface area (Å²) in [4.78, 5) is 2.09. The normalized spacial score (nSPS) is 11.8. The monoisotopic (exact) mass is 213 g/mol. The van der Waals surface area contributed by atoms with Crippen LogP contribution in [0.2, 0.25) is 0 Å². The Morgan fingerprint density at radius 1 is 1.38 bits per heavy atom. The fourth-order valence-corrected chi connectivity index (χ4v) is 1.62. The minimum atomic E-state index is 0.0316. The minimum absolute atomic E-state index is 0.0316. The average Bonchev–Trinajstić information content (AvgIpc) is 2.28. The van der Waals surface area contributed by atoms with Gasteiger partial charge in [-0.2, -0.15) is 10.5 Å². The van der Waals surface area contributed by atoms with E-state index in [1.807, 2.05) is 32.2 Å². The number of hydrogen-bond acceptors (Lipinski definition) is 3. The highest BCUT2D eigenvalue weighted by Gasteiger charge is 2.05. The molecule has 0 heterocycles. The zero-order valence-electron chi connectivity index (χ0n) is 9.64. The maximum atomic E-state index is 8.77. The zero-order chi connectivity index (χ0) is 12.0.